The lowest BCUT2D eigenvalue weighted by Gasteiger charge is -2.26. The lowest BCUT2D eigenvalue weighted by molar-refractivity contribution is 0.0303. The molecule has 3 N–H and O–H groups in total. The molecule has 1 atom stereocenters. The van der Waals surface area contributed by atoms with Gasteiger partial charge in [0.1, 0.15) is 0 Å². The molecule has 0 unspecified atom stereocenters. The van der Waals surface area contributed by atoms with E-state index in [0.29, 0.717) is 50.0 Å². The molecule has 1 aliphatic carbocycles. The Labute approximate surface area is 182 Å². The number of ether oxygens (including phenoxy) is 1. The number of benzene rings is 2. The number of rotatable bonds is 7. The third-order valence-electron chi connectivity index (χ3n) is 5.88. The minimum absolute atomic E-state index is 0.0502. The quantitative estimate of drug-likeness (QED) is 0.618. The summed E-state index contributed by atoms with van der Waals surface area (Å²) in [6, 6.07) is 15.3. The lowest BCUT2D eigenvalue weighted by Crippen LogP contribution is -2.42. The smallest absolute Gasteiger partial charge is 0.254 e. The van der Waals surface area contributed by atoms with E-state index < -0.39 is 6.10 Å². The molecule has 7 heteroatoms. The van der Waals surface area contributed by atoms with Gasteiger partial charge in [-0.05, 0) is 48.2 Å². The molecule has 0 aromatic heterocycles. The van der Waals surface area contributed by atoms with Gasteiger partial charge >= 0.3 is 0 Å². The second kappa shape index (κ2) is 10.0. The largest absolute Gasteiger partial charge is 0.390 e. The Hall–Kier alpha value is -2.74. The summed E-state index contributed by atoms with van der Waals surface area (Å²) < 4.78 is 5.27. The second-order valence-electron chi connectivity index (χ2n) is 8.13. The molecule has 2 aliphatic rings. The summed E-state index contributed by atoms with van der Waals surface area (Å²) in [7, 11) is 0. The van der Waals surface area contributed by atoms with Gasteiger partial charge in [0.05, 0.1) is 19.3 Å². The van der Waals surface area contributed by atoms with Crippen LogP contribution in [0.5, 0.6) is 0 Å². The molecule has 164 valence electrons. The van der Waals surface area contributed by atoms with Gasteiger partial charge in [-0.3, -0.25) is 9.59 Å². The standard InChI is InChI=1S/C24H29N3O4/c28-22(15-25-21-13-19-3-1-2-4-20(19)14-21)16-26-23(29)17-5-7-18(8-6-17)24(30)27-9-11-31-12-10-27/h1-8,21-22,25,28H,9-16H2,(H,26,29)/t22-/m0/s1. The van der Waals surface area contributed by atoms with E-state index in [9.17, 15) is 14.7 Å². The molecule has 0 bridgehead atoms. The van der Waals surface area contributed by atoms with Crippen molar-refractivity contribution in [3.8, 4) is 0 Å². The van der Waals surface area contributed by atoms with Crippen molar-refractivity contribution in [2.45, 2.75) is 25.0 Å². The predicted molar refractivity (Wildman–Crippen MR) is 117 cm³/mol. The summed E-state index contributed by atoms with van der Waals surface area (Å²) in [5, 5.41) is 16.4. The number of amides is 2. The van der Waals surface area contributed by atoms with E-state index in [2.05, 4.69) is 34.9 Å². The van der Waals surface area contributed by atoms with Crippen molar-refractivity contribution in [3.63, 3.8) is 0 Å². The van der Waals surface area contributed by atoms with Crippen molar-refractivity contribution in [2.75, 3.05) is 39.4 Å². The summed E-state index contributed by atoms with van der Waals surface area (Å²) >= 11 is 0. The van der Waals surface area contributed by atoms with Crippen molar-refractivity contribution in [3.05, 3.63) is 70.8 Å². The lowest BCUT2D eigenvalue weighted by atomic mass is 10.1. The number of fused-ring (bicyclic) bond motifs is 1. The highest BCUT2D eigenvalue weighted by Gasteiger charge is 2.21. The summed E-state index contributed by atoms with van der Waals surface area (Å²) in [5.41, 5.74) is 3.74. The van der Waals surface area contributed by atoms with E-state index in [1.165, 1.54) is 11.1 Å². The normalized spacial score (nSPS) is 17.3. The highest BCUT2D eigenvalue weighted by atomic mass is 16.5. The molecule has 4 rings (SSSR count). The van der Waals surface area contributed by atoms with E-state index in [0.717, 1.165) is 12.8 Å². The Morgan fingerprint density at radius 2 is 1.58 bits per heavy atom. The molecule has 1 saturated heterocycles. The van der Waals surface area contributed by atoms with E-state index >= 15 is 0 Å². The van der Waals surface area contributed by atoms with Crippen molar-refractivity contribution < 1.29 is 19.4 Å². The number of aliphatic hydroxyl groups is 1. The molecule has 2 amide bonds. The fraction of sp³-hybridized carbons (Fsp3) is 0.417. The third kappa shape index (κ3) is 5.50. The van der Waals surface area contributed by atoms with Crippen LogP contribution in [0.15, 0.2) is 48.5 Å². The van der Waals surface area contributed by atoms with Crippen LogP contribution in [0.2, 0.25) is 0 Å². The first-order chi connectivity index (χ1) is 15.1. The van der Waals surface area contributed by atoms with Gasteiger partial charge in [-0.2, -0.15) is 0 Å². The first kappa shape index (κ1) is 21.5. The molecule has 1 heterocycles. The highest BCUT2D eigenvalue weighted by molar-refractivity contribution is 5.97. The van der Waals surface area contributed by atoms with Crippen LogP contribution in [0.25, 0.3) is 0 Å². The van der Waals surface area contributed by atoms with Crippen LogP contribution in [0.1, 0.15) is 31.8 Å². The highest BCUT2D eigenvalue weighted by Crippen LogP contribution is 2.21. The molecule has 0 saturated carbocycles. The maximum absolute atomic E-state index is 12.5. The molecular weight excluding hydrogens is 394 g/mol. The number of nitrogens with zero attached hydrogens (tertiary/aromatic N) is 1. The number of hydrogen-bond acceptors (Lipinski definition) is 5. The summed E-state index contributed by atoms with van der Waals surface area (Å²) in [6.07, 6.45) is 1.25. The van der Waals surface area contributed by atoms with E-state index in [-0.39, 0.29) is 18.4 Å². The van der Waals surface area contributed by atoms with Gasteiger partial charge in [-0.1, -0.05) is 24.3 Å². The number of morpholine rings is 1. The molecule has 1 fully saturated rings. The zero-order valence-corrected chi connectivity index (χ0v) is 17.5. The second-order valence-corrected chi connectivity index (χ2v) is 8.13. The van der Waals surface area contributed by atoms with Gasteiger partial charge in [0, 0.05) is 43.3 Å². The van der Waals surface area contributed by atoms with Crippen LogP contribution < -0.4 is 10.6 Å². The van der Waals surface area contributed by atoms with Crippen LogP contribution in [-0.4, -0.2) is 73.4 Å². The van der Waals surface area contributed by atoms with Crippen LogP contribution in [0, 0.1) is 0 Å². The fourth-order valence-corrected chi connectivity index (χ4v) is 4.10. The topological polar surface area (TPSA) is 90.9 Å². The molecule has 31 heavy (non-hydrogen) atoms. The van der Waals surface area contributed by atoms with Crippen LogP contribution in [0.3, 0.4) is 0 Å². The number of nitrogens with one attached hydrogen (secondary N) is 2. The first-order valence-corrected chi connectivity index (χ1v) is 10.8. The minimum atomic E-state index is -0.671. The maximum atomic E-state index is 12.5. The van der Waals surface area contributed by atoms with Gasteiger partial charge in [-0.15, -0.1) is 0 Å². The number of carbonyl (C=O) groups is 2. The molecule has 0 radical (unpaired) electrons. The molecular formula is C24H29N3O4. The summed E-state index contributed by atoms with van der Waals surface area (Å²) in [6.45, 7) is 2.86. The zero-order chi connectivity index (χ0) is 21.6. The van der Waals surface area contributed by atoms with Crippen molar-refractivity contribution in [1.82, 2.24) is 15.5 Å². The number of carbonyl (C=O) groups excluding carboxylic acids is 2. The van der Waals surface area contributed by atoms with Gasteiger partial charge in [0.25, 0.3) is 11.8 Å². The Balaban J connectivity index is 1.20. The third-order valence-corrected chi connectivity index (χ3v) is 5.88. The summed E-state index contributed by atoms with van der Waals surface area (Å²) in [4.78, 5) is 26.6. The Morgan fingerprint density at radius 3 is 2.23 bits per heavy atom. The molecule has 7 nitrogen and oxygen atoms in total. The molecule has 1 aliphatic heterocycles. The number of aliphatic hydroxyl groups excluding tert-OH is 1. The van der Waals surface area contributed by atoms with Crippen molar-refractivity contribution in [2.24, 2.45) is 0 Å². The van der Waals surface area contributed by atoms with Gasteiger partial charge in [0.2, 0.25) is 0 Å². The van der Waals surface area contributed by atoms with Crippen molar-refractivity contribution >= 4 is 11.8 Å². The van der Waals surface area contributed by atoms with E-state index in [1.807, 2.05) is 0 Å². The minimum Gasteiger partial charge on any atom is -0.390 e. The van der Waals surface area contributed by atoms with Crippen LogP contribution >= 0.6 is 0 Å². The van der Waals surface area contributed by atoms with Gasteiger partial charge in [0.15, 0.2) is 0 Å². The Morgan fingerprint density at radius 1 is 0.968 bits per heavy atom. The molecule has 2 aromatic rings. The van der Waals surface area contributed by atoms with Crippen LogP contribution in [-0.2, 0) is 17.6 Å². The van der Waals surface area contributed by atoms with Crippen molar-refractivity contribution in [1.29, 1.82) is 0 Å². The van der Waals surface area contributed by atoms with E-state index in [1.54, 1.807) is 29.2 Å². The SMILES string of the molecule is O=C(NC[C@@H](O)CNC1Cc2ccccc2C1)c1ccc(C(=O)N2CCOCC2)cc1. The van der Waals surface area contributed by atoms with E-state index in [4.69, 9.17) is 4.74 Å². The zero-order valence-electron chi connectivity index (χ0n) is 17.5. The summed E-state index contributed by atoms with van der Waals surface area (Å²) in [5.74, 6) is -0.316. The van der Waals surface area contributed by atoms with Gasteiger partial charge < -0.3 is 25.4 Å². The number of hydrogen-bond donors (Lipinski definition) is 3. The average Bonchev–Trinajstić information content (AvgIpc) is 3.24. The Kier molecular flexibility index (Phi) is 6.96. The van der Waals surface area contributed by atoms with Crippen LogP contribution in [0.4, 0.5) is 0 Å². The monoisotopic (exact) mass is 423 g/mol. The molecule has 2 aromatic carbocycles. The average molecular weight is 424 g/mol. The first-order valence-electron chi connectivity index (χ1n) is 10.8. The predicted octanol–water partition coefficient (Wildman–Crippen LogP) is 1.01. The Bertz CT molecular complexity index is 884. The fourth-order valence-electron chi connectivity index (χ4n) is 4.10. The maximum Gasteiger partial charge on any atom is 0.254 e. The van der Waals surface area contributed by atoms with Gasteiger partial charge in [-0.25, -0.2) is 0 Å². The molecule has 0 spiro atoms.